The van der Waals surface area contributed by atoms with Gasteiger partial charge in [-0.3, -0.25) is 14.4 Å². The van der Waals surface area contributed by atoms with Crippen molar-refractivity contribution in [2.75, 3.05) is 24.5 Å². The van der Waals surface area contributed by atoms with E-state index in [0.29, 0.717) is 24.2 Å². The summed E-state index contributed by atoms with van der Waals surface area (Å²) in [7, 11) is 0. The number of hydrogen-bond donors (Lipinski definition) is 2. The van der Waals surface area contributed by atoms with E-state index in [1.54, 1.807) is 24.3 Å². The molecule has 2 rings (SSSR count). The Kier molecular flexibility index (Phi) is 3.91. The van der Waals surface area contributed by atoms with Gasteiger partial charge in [0.05, 0.1) is 6.54 Å². The van der Waals surface area contributed by atoms with Crippen LogP contribution in [0.25, 0.3) is 0 Å². The maximum atomic E-state index is 11.7. The fourth-order valence-electron chi connectivity index (χ4n) is 1.90. The van der Waals surface area contributed by atoms with Crippen molar-refractivity contribution in [3.63, 3.8) is 0 Å². The first-order valence-electron chi connectivity index (χ1n) is 6.02. The smallest absolute Gasteiger partial charge is 0.246 e. The number of nitrogens with two attached hydrogens (primary N) is 1. The number of hydrogen-bond acceptors (Lipinski definition) is 4. The number of carbonyl (C=O) groups excluding carboxylic acids is 3. The molecule has 1 aromatic rings. The van der Waals surface area contributed by atoms with E-state index in [1.165, 1.54) is 4.90 Å². The third-order valence-corrected chi connectivity index (χ3v) is 2.91. The zero-order valence-electron chi connectivity index (χ0n) is 10.4. The number of amides is 2. The molecule has 0 bridgehead atoms. The highest BCUT2D eigenvalue weighted by atomic mass is 16.2. The molecule has 1 aliphatic heterocycles. The van der Waals surface area contributed by atoms with Crippen LogP contribution in [0.3, 0.4) is 0 Å². The van der Waals surface area contributed by atoms with E-state index in [4.69, 9.17) is 5.73 Å². The number of nitrogens with zero attached hydrogens (tertiary/aromatic N) is 1. The molecule has 100 valence electrons. The van der Waals surface area contributed by atoms with E-state index in [9.17, 15) is 14.4 Å². The lowest BCUT2D eigenvalue weighted by molar-refractivity contribution is -0.128. The predicted molar refractivity (Wildman–Crippen MR) is 69.8 cm³/mol. The van der Waals surface area contributed by atoms with Gasteiger partial charge >= 0.3 is 0 Å². The van der Waals surface area contributed by atoms with Crippen molar-refractivity contribution in [1.29, 1.82) is 0 Å². The Hall–Kier alpha value is -2.21. The number of anilines is 1. The number of ketones is 1. The van der Waals surface area contributed by atoms with Crippen molar-refractivity contribution in [2.24, 2.45) is 5.73 Å². The monoisotopic (exact) mass is 261 g/mol. The SMILES string of the molecule is NCCC(=O)c1ccc(N2CC(=O)NCC2=O)cc1. The normalized spacial score (nSPS) is 15.3. The summed E-state index contributed by atoms with van der Waals surface area (Å²) in [4.78, 5) is 36.0. The second-order valence-corrected chi connectivity index (χ2v) is 4.27. The van der Waals surface area contributed by atoms with Crippen molar-refractivity contribution >= 4 is 23.3 Å². The minimum absolute atomic E-state index is 0.00664. The van der Waals surface area contributed by atoms with Gasteiger partial charge in [0.2, 0.25) is 11.8 Å². The average Bonchev–Trinajstić information content (AvgIpc) is 2.42. The summed E-state index contributed by atoms with van der Waals surface area (Å²) in [5, 5.41) is 2.48. The molecule has 0 spiro atoms. The molecule has 6 heteroatoms. The summed E-state index contributed by atoms with van der Waals surface area (Å²) in [6.45, 7) is 0.326. The molecule has 0 saturated carbocycles. The average molecular weight is 261 g/mol. The Morgan fingerprint density at radius 1 is 1.26 bits per heavy atom. The molecule has 0 aromatic heterocycles. The fraction of sp³-hybridized carbons (Fsp3) is 0.308. The Labute approximate surface area is 110 Å². The van der Waals surface area contributed by atoms with Gasteiger partial charge in [0, 0.05) is 17.7 Å². The summed E-state index contributed by atoms with van der Waals surface area (Å²) < 4.78 is 0. The quantitative estimate of drug-likeness (QED) is 0.727. The molecule has 1 heterocycles. The topological polar surface area (TPSA) is 92.5 Å². The second-order valence-electron chi connectivity index (χ2n) is 4.27. The summed E-state index contributed by atoms with van der Waals surface area (Å²) in [5.74, 6) is -0.389. The summed E-state index contributed by atoms with van der Waals surface area (Å²) >= 11 is 0. The minimum Gasteiger partial charge on any atom is -0.345 e. The molecule has 1 aliphatic rings. The maximum absolute atomic E-state index is 11.7. The third-order valence-electron chi connectivity index (χ3n) is 2.91. The van der Waals surface area contributed by atoms with E-state index in [1.807, 2.05) is 0 Å². The molecule has 0 radical (unpaired) electrons. The molecule has 0 aliphatic carbocycles. The Morgan fingerprint density at radius 3 is 2.58 bits per heavy atom. The first kappa shape index (κ1) is 13.2. The molecule has 19 heavy (non-hydrogen) atoms. The summed E-state index contributed by atoms with van der Waals surface area (Å²) in [5.41, 5.74) is 6.50. The Bertz CT molecular complexity index is 510. The lowest BCUT2D eigenvalue weighted by atomic mass is 10.1. The van der Waals surface area contributed by atoms with E-state index in [-0.39, 0.29) is 30.7 Å². The van der Waals surface area contributed by atoms with Gasteiger partial charge in [-0.05, 0) is 30.8 Å². The van der Waals surface area contributed by atoms with Crippen LogP contribution in [0.4, 0.5) is 5.69 Å². The number of piperazine rings is 1. The molecule has 1 fully saturated rings. The van der Waals surface area contributed by atoms with Crippen LogP contribution in [-0.4, -0.2) is 37.2 Å². The fourth-order valence-corrected chi connectivity index (χ4v) is 1.90. The molecule has 0 atom stereocenters. The largest absolute Gasteiger partial charge is 0.345 e. The molecule has 1 saturated heterocycles. The zero-order chi connectivity index (χ0) is 13.8. The molecule has 0 unspecified atom stereocenters. The van der Waals surface area contributed by atoms with Crippen LogP contribution in [0, 0.1) is 0 Å². The van der Waals surface area contributed by atoms with Crippen LogP contribution in [-0.2, 0) is 9.59 Å². The summed E-state index contributed by atoms with van der Waals surface area (Å²) in [6, 6.07) is 6.63. The van der Waals surface area contributed by atoms with Crippen LogP contribution in [0.1, 0.15) is 16.8 Å². The van der Waals surface area contributed by atoms with E-state index >= 15 is 0 Å². The molecule has 2 amide bonds. The van der Waals surface area contributed by atoms with Crippen LogP contribution in [0.2, 0.25) is 0 Å². The van der Waals surface area contributed by atoms with Crippen LogP contribution >= 0.6 is 0 Å². The minimum atomic E-state index is -0.192. The molecule has 6 nitrogen and oxygen atoms in total. The third kappa shape index (κ3) is 2.97. The lowest BCUT2D eigenvalue weighted by Crippen LogP contribution is -2.51. The summed E-state index contributed by atoms with van der Waals surface area (Å²) in [6.07, 6.45) is 0.296. The van der Waals surface area contributed by atoms with Crippen LogP contribution < -0.4 is 16.0 Å². The van der Waals surface area contributed by atoms with Crippen LogP contribution in [0.5, 0.6) is 0 Å². The second kappa shape index (κ2) is 5.62. The maximum Gasteiger partial charge on any atom is 0.246 e. The van der Waals surface area contributed by atoms with Crippen LogP contribution in [0.15, 0.2) is 24.3 Å². The molecule has 3 N–H and O–H groups in total. The number of carbonyl (C=O) groups is 3. The van der Waals surface area contributed by atoms with Gasteiger partial charge in [-0.25, -0.2) is 0 Å². The van der Waals surface area contributed by atoms with Crippen molar-refractivity contribution in [3.05, 3.63) is 29.8 Å². The van der Waals surface area contributed by atoms with Gasteiger partial charge < -0.3 is 16.0 Å². The first-order valence-corrected chi connectivity index (χ1v) is 6.02. The lowest BCUT2D eigenvalue weighted by Gasteiger charge is -2.26. The van der Waals surface area contributed by atoms with Gasteiger partial charge in [-0.2, -0.15) is 0 Å². The van der Waals surface area contributed by atoms with Gasteiger partial charge in [-0.15, -0.1) is 0 Å². The highest BCUT2D eigenvalue weighted by molar-refractivity contribution is 6.05. The molecule has 1 aromatic carbocycles. The van der Waals surface area contributed by atoms with E-state index in [2.05, 4.69) is 5.32 Å². The van der Waals surface area contributed by atoms with E-state index < -0.39 is 0 Å². The highest BCUT2D eigenvalue weighted by Gasteiger charge is 2.24. The Morgan fingerprint density at radius 2 is 1.95 bits per heavy atom. The van der Waals surface area contributed by atoms with Crippen molar-refractivity contribution in [3.8, 4) is 0 Å². The number of benzene rings is 1. The molecular weight excluding hydrogens is 246 g/mol. The zero-order valence-corrected chi connectivity index (χ0v) is 10.4. The van der Waals surface area contributed by atoms with Gasteiger partial charge in [0.15, 0.2) is 5.78 Å². The van der Waals surface area contributed by atoms with Gasteiger partial charge in [0.25, 0.3) is 0 Å². The van der Waals surface area contributed by atoms with Crippen molar-refractivity contribution < 1.29 is 14.4 Å². The highest BCUT2D eigenvalue weighted by Crippen LogP contribution is 2.17. The Balaban J connectivity index is 2.15. The van der Waals surface area contributed by atoms with Gasteiger partial charge in [-0.1, -0.05) is 0 Å². The number of nitrogens with one attached hydrogen (secondary N) is 1. The molecular formula is C13H15N3O3. The van der Waals surface area contributed by atoms with Gasteiger partial charge in [0.1, 0.15) is 6.54 Å². The van der Waals surface area contributed by atoms with Crippen molar-refractivity contribution in [1.82, 2.24) is 5.32 Å². The standard InChI is InChI=1S/C13H15N3O3/c14-6-5-11(17)9-1-3-10(4-2-9)16-8-12(18)15-7-13(16)19/h1-4H,5-8,14H2,(H,15,18). The number of Topliss-reactive ketones (excluding diaryl/α,β-unsaturated/α-hetero) is 1. The first-order chi connectivity index (χ1) is 9.11. The van der Waals surface area contributed by atoms with E-state index in [0.717, 1.165) is 0 Å². The van der Waals surface area contributed by atoms with Crippen molar-refractivity contribution in [2.45, 2.75) is 6.42 Å². The number of rotatable bonds is 4. The predicted octanol–water partition coefficient (Wildman–Crippen LogP) is -0.319.